The molecule has 2 aromatic rings. The molecule has 0 radical (unpaired) electrons. The second-order valence-electron chi connectivity index (χ2n) is 4.46. The van der Waals surface area contributed by atoms with Gasteiger partial charge >= 0.3 is 0 Å². The lowest BCUT2D eigenvalue weighted by Gasteiger charge is -2.13. The van der Waals surface area contributed by atoms with E-state index in [1.54, 1.807) is 14.2 Å². The molecule has 5 nitrogen and oxygen atoms in total. The monoisotopic (exact) mass is 275 g/mol. The Morgan fingerprint density at radius 1 is 1.25 bits per heavy atom. The summed E-state index contributed by atoms with van der Waals surface area (Å²) >= 11 is 0. The first kappa shape index (κ1) is 14.2. The third-order valence-corrected chi connectivity index (χ3v) is 3.11. The molecule has 0 spiro atoms. The highest BCUT2D eigenvalue weighted by Crippen LogP contribution is 2.29. The van der Waals surface area contributed by atoms with Crippen LogP contribution in [0.5, 0.6) is 11.5 Å². The number of benzene rings is 1. The molecule has 0 bridgehead atoms. The van der Waals surface area contributed by atoms with Crippen molar-refractivity contribution in [1.29, 1.82) is 0 Å². The topological polar surface area (TPSA) is 48.3 Å². The summed E-state index contributed by atoms with van der Waals surface area (Å²) in [6, 6.07) is 5.69. The standard InChI is InChI=1S/C15H21N3O2/c1-4-8-18-9-7-16-15(18)11-17-13-10-12(19-2)5-6-14(13)20-3/h5-7,9-10,17H,4,8,11H2,1-3H3. The van der Waals surface area contributed by atoms with Gasteiger partial charge in [0, 0.05) is 25.0 Å². The lowest BCUT2D eigenvalue weighted by molar-refractivity contribution is 0.404. The SMILES string of the molecule is CCCn1ccnc1CNc1cc(OC)ccc1OC. The minimum atomic E-state index is 0.649. The fourth-order valence-corrected chi connectivity index (χ4v) is 2.08. The summed E-state index contributed by atoms with van der Waals surface area (Å²) < 4.78 is 12.7. The fraction of sp³-hybridized carbons (Fsp3) is 0.400. The minimum Gasteiger partial charge on any atom is -0.497 e. The van der Waals surface area contributed by atoms with Gasteiger partial charge in [-0.3, -0.25) is 0 Å². The largest absolute Gasteiger partial charge is 0.497 e. The van der Waals surface area contributed by atoms with Crippen LogP contribution in [0.1, 0.15) is 19.2 Å². The van der Waals surface area contributed by atoms with Gasteiger partial charge in [-0.05, 0) is 18.6 Å². The molecule has 0 saturated heterocycles. The molecule has 0 aliphatic carbocycles. The maximum absolute atomic E-state index is 5.35. The van der Waals surface area contributed by atoms with Crippen molar-refractivity contribution in [3.05, 3.63) is 36.4 Å². The van der Waals surface area contributed by atoms with Crippen LogP contribution >= 0.6 is 0 Å². The number of aryl methyl sites for hydroxylation is 1. The Balaban J connectivity index is 2.11. The zero-order valence-corrected chi connectivity index (χ0v) is 12.2. The van der Waals surface area contributed by atoms with Crippen LogP contribution < -0.4 is 14.8 Å². The molecule has 108 valence electrons. The van der Waals surface area contributed by atoms with E-state index in [4.69, 9.17) is 9.47 Å². The van der Waals surface area contributed by atoms with Crippen LogP contribution in [0.4, 0.5) is 5.69 Å². The zero-order valence-electron chi connectivity index (χ0n) is 12.2. The fourth-order valence-electron chi connectivity index (χ4n) is 2.08. The Kier molecular flexibility index (Phi) is 4.87. The zero-order chi connectivity index (χ0) is 14.4. The molecule has 0 aliphatic heterocycles. The third-order valence-electron chi connectivity index (χ3n) is 3.11. The van der Waals surface area contributed by atoms with Gasteiger partial charge in [0.2, 0.25) is 0 Å². The van der Waals surface area contributed by atoms with Gasteiger partial charge in [0.15, 0.2) is 0 Å². The predicted octanol–water partition coefficient (Wildman–Crippen LogP) is 2.92. The molecule has 1 heterocycles. The molecule has 1 N–H and O–H groups in total. The molecule has 1 aromatic carbocycles. The van der Waals surface area contributed by atoms with Crippen molar-refractivity contribution in [3.63, 3.8) is 0 Å². The van der Waals surface area contributed by atoms with Gasteiger partial charge in [-0.15, -0.1) is 0 Å². The average Bonchev–Trinajstić information content (AvgIpc) is 2.92. The molecule has 0 unspecified atom stereocenters. The molecule has 0 fully saturated rings. The molecule has 0 aliphatic rings. The van der Waals surface area contributed by atoms with E-state index in [1.807, 2.05) is 30.6 Å². The maximum Gasteiger partial charge on any atom is 0.142 e. The van der Waals surface area contributed by atoms with Crippen LogP contribution in [0, 0.1) is 0 Å². The highest BCUT2D eigenvalue weighted by Gasteiger charge is 2.07. The van der Waals surface area contributed by atoms with E-state index in [1.165, 1.54) is 0 Å². The van der Waals surface area contributed by atoms with E-state index < -0.39 is 0 Å². The van der Waals surface area contributed by atoms with Gasteiger partial charge in [0.25, 0.3) is 0 Å². The summed E-state index contributed by atoms with van der Waals surface area (Å²) in [5.41, 5.74) is 0.901. The van der Waals surface area contributed by atoms with Crippen LogP contribution in [-0.4, -0.2) is 23.8 Å². The van der Waals surface area contributed by atoms with Crippen LogP contribution in [0.15, 0.2) is 30.6 Å². The number of aromatic nitrogens is 2. The van der Waals surface area contributed by atoms with E-state index in [0.29, 0.717) is 6.54 Å². The van der Waals surface area contributed by atoms with E-state index in [2.05, 4.69) is 21.8 Å². The molecule has 0 atom stereocenters. The van der Waals surface area contributed by atoms with E-state index >= 15 is 0 Å². The van der Waals surface area contributed by atoms with Crippen molar-refractivity contribution >= 4 is 5.69 Å². The van der Waals surface area contributed by atoms with Gasteiger partial charge in [-0.2, -0.15) is 0 Å². The van der Waals surface area contributed by atoms with E-state index in [9.17, 15) is 0 Å². The summed E-state index contributed by atoms with van der Waals surface area (Å²) in [4.78, 5) is 4.38. The maximum atomic E-state index is 5.35. The molecule has 2 rings (SSSR count). The Labute approximate surface area is 119 Å². The third kappa shape index (κ3) is 3.23. The minimum absolute atomic E-state index is 0.649. The summed E-state index contributed by atoms with van der Waals surface area (Å²) in [5.74, 6) is 2.60. The van der Waals surface area contributed by atoms with Gasteiger partial charge < -0.3 is 19.4 Å². The molecule has 0 saturated carbocycles. The molecule has 1 aromatic heterocycles. The quantitative estimate of drug-likeness (QED) is 0.844. The molecular formula is C15H21N3O2. The summed E-state index contributed by atoms with van der Waals surface area (Å²) in [6.45, 7) is 3.78. The van der Waals surface area contributed by atoms with Gasteiger partial charge in [-0.1, -0.05) is 6.92 Å². The van der Waals surface area contributed by atoms with Crippen molar-refractivity contribution in [2.24, 2.45) is 0 Å². The van der Waals surface area contributed by atoms with Gasteiger partial charge in [0.1, 0.15) is 17.3 Å². The van der Waals surface area contributed by atoms with Crippen molar-refractivity contribution < 1.29 is 9.47 Å². The molecule has 0 amide bonds. The first-order valence-corrected chi connectivity index (χ1v) is 6.74. The second-order valence-corrected chi connectivity index (χ2v) is 4.46. The lowest BCUT2D eigenvalue weighted by atomic mass is 10.2. The Bertz CT molecular complexity index is 552. The summed E-state index contributed by atoms with van der Waals surface area (Å²) in [7, 11) is 3.31. The number of rotatable bonds is 7. The normalized spacial score (nSPS) is 10.3. The van der Waals surface area contributed by atoms with E-state index in [-0.39, 0.29) is 0 Å². The first-order valence-electron chi connectivity index (χ1n) is 6.74. The number of nitrogens with zero attached hydrogens (tertiary/aromatic N) is 2. The van der Waals surface area contributed by atoms with Crippen LogP contribution in [0.2, 0.25) is 0 Å². The Morgan fingerprint density at radius 3 is 2.80 bits per heavy atom. The molecule has 5 heteroatoms. The van der Waals surface area contributed by atoms with Crippen molar-refractivity contribution in [2.75, 3.05) is 19.5 Å². The number of hydrogen-bond acceptors (Lipinski definition) is 4. The number of anilines is 1. The van der Waals surface area contributed by atoms with Crippen LogP contribution in [0.25, 0.3) is 0 Å². The number of ether oxygens (including phenoxy) is 2. The first-order chi connectivity index (χ1) is 9.78. The Morgan fingerprint density at radius 2 is 2.10 bits per heavy atom. The highest BCUT2D eigenvalue weighted by molar-refractivity contribution is 5.59. The van der Waals surface area contributed by atoms with Gasteiger partial charge in [-0.25, -0.2) is 4.98 Å². The summed E-state index contributed by atoms with van der Waals surface area (Å²) in [6.07, 6.45) is 4.92. The number of methoxy groups -OCH3 is 2. The smallest absolute Gasteiger partial charge is 0.142 e. The van der Waals surface area contributed by atoms with Gasteiger partial charge in [0.05, 0.1) is 26.5 Å². The van der Waals surface area contributed by atoms with Crippen molar-refractivity contribution in [3.8, 4) is 11.5 Å². The molecule has 20 heavy (non-hydrogen) atoms. The highest BCUT2D eigenvalue weighted by atomic mass is 16.5. The number of nitrogens with one attached hydrogen (secondary N) is 1. The summed E-state index contributed by atoms with van der Waals surface area (Å²) in [5, 5.41) is 3.35. The van der Waals surface area contributed by atoms with E-state index in [0.717, 1.165) is 36.0 Å². The number of hydrogen-bond donors (Lipinski definition) is 1. The second kappa shape index (κ2) is 6.84. The van der Waals surface area contributed by atoms with Crippen molar-refractivity contribution in [2.45, 2.75) is 26.4 Å². The van der Waals surface area contributed by atoms with Crippen LogP contribution in [0.3, 0.4) is 0 Å². The Hall–Kier alpha value is -2.17. The molecular weight excluding hydrogens is 254 g/mol. The lowest BCUT2D eigenvalue weighted by Crippen LogP contribution is -2.09. The van der Waals surface area contributed by atoms with Crippen LogP contribution in [-0.2, 0) is 13.1 Å². The van der Waals surface area contributed by atoms with Crippen molar-refractivity contribution in [1.82, 2.24) is 9.55 Å². The number of imidazole rings is 1. The predicted molar refractivity (Wildman–Crippen MR) is 79.4 cm³/mol. The average molecular weight is 275 g/mol.